The third kappa shape index (κ3) is 13.0. The van der Waals surface area contributed by atoms with E-state index in [9.17, 15) is 45.6 Å². The largest absolute Gasteiger partial charge is 0.497 e. The molecule has 24 heteroatoms. The van der Waals surface area contributed by atoms with Crippen LogP contribution < -0.4 is 29.6 Å². The summed E-state index contributed by atoms with van der Waals surface area (Å²) in [5.74, 6) is -2.14. The van der Waals surface area contributed by atoms with Gasteiger partial charge in [0.1, 0.15) is 11.5 Å². The predicted molar refractivity (Wildman–Crippen MR) is 328 cm³/mol. The third-order valence-corrected chi connectivity index (χ3v) is 19.7. The maximum atomic E-state index is 13.1. The summed E-state index contributed by atoms with van der Waals surface area (Å²) in [6.07, 6.45) is 12.0. The van der Waals surface area contributed by atoms with Crippen LogP contribution in [0.1, 0.15) is 119 Å². The Kier molecular flexibility index (Phi) is 18.7. The van der Waals surface area contributed by atoms with Crippen LogP contribution in [0.15, 0.2) is 72.8 Å². The Labute approximate surface area is 502 Å². The highest BCUT2D eigenvalue weighted by Gasteiger charge is 2.36. The number of ether oxygens (including phenoxy) is 2. The molecule has 4 heterocycles. The van der Waals surface area contributed by atoms with Crippen LogP contribution in [0, 0.1) is 0 Å². The molecule has 86 heavy (non-hydrogen) atoms. The van der Waals surface area contributed by atoms with E-state index in [0.29, 0.717) is 49.3 Å². The lowest BCUT2D eigenvalue weighted by Crippen LogP contribution is -2.46. The minimum Gasteiger partial charge on any atom is -0.497 e. The van der Waals surface area contributed by atoms with Crippen LogP contribution in [-0.2, 0) is 65.5 Å². The molecule has 2 saturated carbocycles. The quantitative estimate of drug-likeness (QED) is 0.102. The summed E-state index contributed by atoms with van der Waals surface area (Å²) in [6.45, 7) is 0.701. The van der Waals surface area contributed by atoms with Crippen molar-refractivity contribution >= 4 is 77.7 Å². The second kappa shape index (κ2) is 25.6. The number of fused-ring (bicyclic) bond motifs is 10. The molecule has 460 valence electrons. The van der Waals surface area contributed by atoms with Crippen molar-refractivity contribution in [3.8, 4) is 34.0 Å². The maximum Gasteiger partial charge on any atom is 0.311 e. The zero-order chi connectivity index (χ0) is 62.1. The standard InChI is InChI=1S/2C31H39N5O6S/c2*1-34(2)31(39)30(38)32-22-15-21-16-23(42-5)12-14-24(21)28-27(19-9-7-6-8-10-19)25-13-11-20(17-26(25)36(28)18-22)29(37)33-43(40,41)35(3)4/h2*11-14,16-17,19,22H,6-10,15,18H2,1-5H3,(H,32,38)(H,33,37). The van der Waals surface area contributed by atoms with E-state index in [-0.39, 0.29) is 11.1 Å². The van der Waals surface area contributed by atoms with Crippen LogP contribution in [0.3, 0.4) is 0 Å². The topological polar surface area (TPSA) is 260 Å². The molecule has 6 amide bonds. The van der Waals surface area contributed by atoms with Crippen molar-refractivity contribution < 1.29 is 55.1 Å². The van der Waals surface area contributed by atoms with Gasteiger partial charge >= 0.3 is 44.0 Å². The van der Waals surface area contributed by atoms with Gasteiger partial charge < -0.3 is 39.0 Å². The first-order chi connectivity index (χ1) is 40.8. The molecule has 2 atom stereocenters. The molecule has 2 aliphatic heterocycles. The molecule has 6 aromatic rings. The molecule has 4 N–H and O–H groups in total. The molecule has 2 aromatic heterocycles. The van der Waals surface area contributed by atoms with Gasteiger partial charge in [0.15, 0.2) is 0 Å². The number of carbonyl (C=O) groups is 6. The van der Waals surface area contributed by atoms with Crippen LogP contribution >= 0.6 is 0 Å². The number of hydrogen-bond acceptors (Lipinski definition) is 12. The van der Waals surface area contributed by atoms with E-state index in [0.717, 1.165) is 115 Å². The van der Waals surface area contributed by atoms with Crippen molar-refractivity contribution in [2.75, 3.05) is 70.6 Å². The lowest BCUT2D eigenvalue weighted by molar-refractivity contribution is -0.144. The van der Waals surface area contributed by atoms with Gasteiger partial charge in [-0.2, -0.15) is 25.4 Å². The third-order valence-electron chi connectivity index (χ3n) is 16.9. The van der Waals surface area contributed by atoms with Crippen LogP contribution in [-0.4, -0.2) is 163 Å². The van der Waals surface area contributed by atoms with Crippen molar-refractivity contribution in [3.05, 3.63) is 106 Å². The van der Waals surface area contributed by atoms with Gasteiger partial charge in [-0.3, -0.25) is 28.8 Å². The first kappa shape index (κ1) is 62.7. The highest BCUT2D eigenvalue weighted by Crippen LogP contribution is 2.49. The molecule has 2 fully saturated rings. The van der Waals surface area contributed by atoms with E-state index < -0.39 is 67.9 Å². The molecule has 0 saturated heterocycles. The average Bonchev–Trinajstić information content (AvgIpc) is 1.60. The number of hydrogen-bond donors (Lipinski definition) is 4. The SMILES string of the molecule is COc1ccc2c(c1)CC(NC(=O)C(=O)N(C)C)Cn1c-2c(C2CCCCC2)c2ccc(C(=O)NS(=O)(=O)N(C)C)cc21.COc1ccc2c(c1)CC(NC(=O)C(=O)N(C)C)Cn1c-2c(C2CCCCC2)c2ccc(C(=O)NS(=O)(=O)N(C)C)cc21. The average molecular weight is 1220 g/mol. The molecule has 4 aliphatic rings. The number of likely N-dealkylation sites (N-methyl/N-ethyl adjacent to an activating group) is 2. The van der Waals surface area contributed by atoms with Gasteiger partial charge in [0.2, 0.25) is 0 Å². The van der Waals surface area contributed by atoms with Gasteiger partial charge in [0, 0.05) is 114 Å². The summed E-state index contributed by atoms with van der Waals surface area (Å²) >= 11 is 0. The first-order valence-electron chi connectivity index (χ1n) is 29.0. The summed E-state index contributed by atoms with van der Waals surface area (Å²) in [7, 11) is 6.79. The maximum absolute atomic E-state index is 13.1. The number of carbonyl (C=O) groups excluding carboxylic acids is 6. The van der Waals surface area contributed by atoms with Gasteiger partial charge in [0.25, 0.3) is 11.8 Å². The highest BCUT2D eigenvalue weighted by molar-refractivity contribution is 7.88. The fourth-order valence-electron chi connectivity index (χ4n) is 12.5. The fraction of sp³-hybridized carbons (Fsp3) is 0.452. The van der Waals surface area contributed by atoms with E-state index in [1.165, 1.54) is 90.1 Å². The lowest BCUT2D eigenvalue weighted by atomic mass is 9.81. The number of amides is 6. The second-order valence-electron chi connectivity index (χ2n) is 23.5. The highest BCUT2D eigenvalue weighted by atomic mass is 32.2. The van der Waals surface area contributed by atoms with E-state index in [1.54, 1.807) is 38.5 Å². The Balaban J connectivity index is 0.000000205. The van der Waals surface area contributed by atoms with Gasteiger partial charge in [-0.15, -0.1) is 0 Å². The van der Waals surface area contributed by atoms with Crippen LogP contribution in [0.5, 0.6) is 11.5 Å². The van der Waals surface area contributed by atoms with Crippen LogP contribution in [0.4, 0.5) is 0 Å². The Morgan fingerprint density at radius 3 is 1.17 bits per heavy atom. The van der Waals surface area contributed by atoms with Gasteiger partial charge in [0.05, 0.1) is 37.7 Å². The van der Waals surface area contributed by atoms with Gasteiger partial charge in [-0.1, -0.05) is 50.7 Å². The van der Waals surface area contributed by atoms with Crippen LogP contribution in [0.2, 0.25) is 0 Å². The molecule has 4 aromatic carbocycles. The zero-order valence-electron chi connectivity index (χ0n) is 50.5. The van der Waals surface area contributed by atoms with Crippen molar-refractivity contribution in [1.82, 2.24) is 47.6 Å². The summed E-state index contributed by atoms with van der Waals surface area (Å²) in [5.41, 5.74) is 10.4. The van der Waals surface area contributed by atoms with Crippen molar-refractivity contribution in [1.29, 1.82) is 0 Å². The van der Waals surface area contributed by atoms with E-state index in [1.807, 2.05) is 48.5 Å². The molecule has 0 spiro atoms. The first-order valence-corrected chi connectivity index (χ1v) is 31.9. The van der Waals surface area contributed by atoms with Crippen molar-refractivity contribution in [2.45, 2.75) is 114 Å². The van der Waals surface area contributed by atoms with Gasteiger partial charge in [-0.05, 0) is 133 Å². The van der Waals surface area contributed by atoms with Crippen molar-refractivity contribution in [3.63, 3.8) is 0 Å². The molecule has 0 bridgehead atoms. The smallest absolute Gasteiger partial charge is 0.311 e. The number of rotatable bonds is 12. The van der Waals surface area contributed by atoms with E-state index in [2.05, 4.69) is 29.2 Å². The molecule has 0 radical (unpaired) electrons. The Hall–Kier alpha value is -7.80. The summed E-state index contributed by atoms with van der Waals surface area (Å²) in [6, 6.07) is 21.6. The zero-order valence-corrected chi connectivity index (χ0v) is 52.2. The number of nitrogens with one attached hydrogen (secondary N) is 4. The molecule has 10 rings (SSSR count). The molecular weight excluding hydrogens is 1140 g/mol. The molecular formula is C62H78N10O12S2. The monoisotopic (exact) mass is 1220 g/mol. The minimum atomic E-state index is -3.99. The van der Waals surface area contributed by atoms with E-state index >= 15 is 0 Å². The number of methoxy groups -OCH3 is 2. The fourth-order valence-corrected chi connectivity index (χ4v) is 13.6. The summed E-state index contributed by atoms with van der Waals surface area (Å²) in [5, 5.41) is 7.86. The minimum absolute atomic E-state index is 0.205. The summed E-state index contributed by atoms with van der Waals surface area (Å²) in [4.78, 5) is 79.5. The summed E-state index contributed by atoms with van der Waals surface area (Å²) < 4.78 is 71.1. The van der Waals surface area contributed by atoms with Gasteiger partial charge in [-0.25, -0.2) is 9.44 Å². The number of aromatic nitrogens is 2. The Bertz CT molecular complexity index is 3630. The Morgan fingerprint density at radius 1 is 0.488 bits per heavy atom. The normalized spacial score (nSPS) is 17.1. The van der Waals surface area contributed by atoms with E-state index in [4.69, 9.17) is 9.47 Å². The lowest BCUT2D eigenvalue weighted by Gasteiger charge is -2.24. The van der Waals surface area contributed by atoms with Crippen LogP contribution in [0.25, 0.3) is 44.3 Å². The number of nitrogens with zero attached hydrogens (tertiary/aromatic N) is 6. The second-order valence-corrected chi connectivity index (χ2v) is 27.3. The molecule has 2 aliphatic carbocycles. The number of benzene rings is 4. The van der Waals surface area contributed by atoms with Crippen molar-refractivity contribution in [2.24, 2.45) is 0 Å². The molecule has 22 nitrogen and oxygen atoms in total. The molecule has 2 unspecified atom stereocenters. The Morgan fingerprint density at radius 2 is 0.849 bits per heavy atom. The predicted octanol–water partition coefficient (Wildman–Crippen LogP) is 6.06.